The Balaban J connectivity index is 2.10. The van der Waals surface area contributed by atoms with Crippen LogP contribution in [0.15, 0.2) is 46.9 Å². The Labute approximate surface area is 129 Å². The van der Waals surface area contributed by atoms with E-state index < -0.39 is 0 Å². The molecule has 3 rings (SSSR count). The molecule has 0 saturated carbocycles. The maximum Gasteiger partial charge on any atom is 0.135 e. The maximum absolute atomic E-state index is 6.16. The molecule has 0 aliphatic carbocycles. The molecule has 0 saturated heterocycles. The number of fused-ring (bicyclic) bond motifs is 1. The molecule has 3 aromatic rings. The molecule has 0 spiro atoms. The summed E-state index contributed by atoms with van der Waals surface area (Å²) in [7, 11) is 0. The van der Waals surface area contributed by atoms with Crippen LogP contribution in [0.5, 0.6) is 0 Å². The van der Waals surface area contributed by atoms with E-state index in [4.69, 9.17) is 16.0 Å². The van der Waals surface area contributed by atoms with Crippen molar-refractivity contribution in [2.45, 2.75) is 20.4 Å². The molecular weight excluding hydrogens is 282 g/mol. The van der Waals surface area contributed by atoms with Crippen LogP contribution in [0.4, 0.5) is 0 Å². The van der Waals surface area contributed by atoms with Gasteiger partial charge in [0.05, 0.1) is 0 Å². The second-order valence-electron chi connectivity index (χ2n) is 5.23. The van der Waals surface area contributed by atoms with Crippen molar-refractivity contribution in [1.29, 1.82) is 0 Å². The van der Waals surface area contributed by atoms with Gasteiger partial charge in [-0.05, 0) is 49.4 Å². The SMILES string of the molecule is CCNCc1ccc(Cl)cc1-c1cc2cc(C)ccc2o1. The van der Waals surface area contributed by atoms with Crippen molar-refractivity contribution in [2.24, 2.45) is 0 Å². The number of nitrogens with one attached hydrogen (secondary N) is 1. The lowest BCUT2D eigenvalue weighted by Crippen LogP contribution is -2.12. The van der Waals surface area contributed by atoms with Gasteiger partial charge in [0, 0.05) is 22.5 Å². The standard InChI is InChI=1S/C18H18ClNO/c1-3-20-11-13-5-6-15(19)10-16(13)18-9-14-8-12(2)4-7-17(14)21-18/h4-10,20H,3,11H2,1-2H3. The van der Waals surface area contributed by atoms with Crippen molar-refractivity contribution in [2.75, 3.05) is 6.54 Å². The minimum Gasteiger partial charge on any atom is -0.456 e. The summed E-state index contributed by atoms with van der Waals surface area (Å²) < 4.78 is 6.00. The van der Waals surface area contributed by atoms with Crippen molar-refractivity contribution >= 4 is 22.6 Å². The average Bonchev–Trinajstić information content (AvgIpc) is 2.88. The first kappa shape index (κ1) is 14.2. The van der Waals surface area contributed by atoms with Crippen molar-refractivity contribution in [3.05, 3.63) is 58.6 Å². The third-order valence-electron chi connectivity index (χ3n) is 3.57. The highest BCUT2D eigenvalue weighted by atomic mass is 35.5. The summed E-state index contributed by atoms with van der Waals surface area (Å²) in [6, 6.07) is 14.2. The monoisotopic (exact) mass is 299 g/mol. The van der Waals surface area contributed by atoms with Crippen LogP contribution < -0.4 is 5.32 Å². The quantitative estimate of drug-likeness (QED) is 0.719. The molecule has 21 heavy (non-hydrogen) atoms. The number of halogens is 1. The molecule has 1 N–H and O–H groups in total. The molecule has 3 heteroatoms. The lowest BCUT2D eigenvalue weighted by atomic mass is 10.0. The minimum absolute atomic E-state index is 0.724. The lowest BCUT2D eigenvalue weighted by Gasteiger charge is -2.08. The molecule has 0 atom stereocenters. The molecule has 0 radical (unpaired) electrons. The van der Waals surface area contributed by atoms with Gasteiger partial charge in [0.15, 0.2) is 0 Å². The van der Waals surface area contributed by atoms with Crippen LogP contribution in [0.3, 0.4) is 0 Å². The Morgan fingerprint density at radius 3 is 2.76 bits per heavy atom. The van der Waals surface area contributed by atoms with E-state index in [-0.39, 0.29) is 0 Å². The fourth-order valence-electron chi connectivity index (χ4n) is 2.49. The van der Waals surface area contributed by atoms with Gasteiger partial charge < -0.3 is 9.73 Å². The molecule has 2 nitrogen and oxygen atoms in total. The highest BCUT2D eigenvalue weighted by Crippen LogP contribution is 2.32. The summed E-state index contributed by atoms with van der Waals surface area (Å²) in [6.45, 7) is 5.92. The molecule has 0 amide bonds. The maximum atomic E-state index is 6.16. The van der Waals surface area contributed by atoms with Gasteiger partial charge in [0.2, 0.25) is 0 Å². The molecule has 1 heterocycles. The van der Waals surface area contributed by atoms with E-state index in [1.54, 1.807) is 0 Å². The fourth-order valence-corrected chi connectivity index (χ4v) is 2.66. The van der Waals surface area contributed by atoms with E-state index in [1.807, 2.05) is 18.2 Å². The van der Waals surface area contributed by atoms with Crippen LogP contribution in [0, 0.1) is 6.92 Å². The van der Waals surface area contributed by atoms with Gasteiger partial charge in [-0.3, -0.25) is 0 Å². The van der Waals surface area contributed by atoms with Crippen molar-refractivity contribution < 1.29 is 4.42 Å². The van der Waals surface area contributed by atoms with E-state index in [9.17, 15) is 0 Å². The predicted octanol–water partition coefficient (Wildman–Crippen LogP) is 5.17. The summed E-state index contributed by atoms with van der Waals surface area (Å²) >= 11 is 6.16. The Morgan fingerprint density at radius 2 is 1.95 bits per heavy atom. The first-order chi connectivity index (χ1) is 10.2. The largest absolute Gasteiger partial charge is 0.456 e. The summed E-state index contributed by atoms with van der Waals surface area (Å²) in [5.41, 5.74) is 4.38. The molecule has 0 fully saturated rings. The number of aryl methyl sites for hydroxylation is 1. The highest BCUT2D eigenvalue weighted by molar-refractivity contribution is 6.30. The second kappa shape index (κ2) is 5.92. The minimum atomic E-state index is 0.724. The highest BCUT2D eigenvalue weighted by Gasteiger charge is 2.11. The van der Waals surface area contributed by atoms with E-state index in [2.05, 4.69) is 43.4 Å². The number of benzene rings is 2. The molecule has 0 aliphatic rings. The molecular formula is C18H18ClNO. The van der Waals surface area contributed by atoms with Gasteiger partial charge in [0.25, 0.3) is 0 Å². The zero-order valence-electron chi connectivity index (χ0n) is 12.2. The van der Waals surface area contributed by atoms with Crippen LogP contribution in [0.1, 0.15) is 18.1 Å². The number of rotatable bonds is 4. The van der Waals surface area contributed by atoms with Crippen LogP contribution in [0.25, 0.3) is 22.3 Å². The van der Waals surface area contributed by atoms with Gasteiger partial charge in [-0.25, -0.2) is 0 Å². The lowest BCUT2D eigenvalue weighted by molar-refractivity contribution is 0.629. The van der Waals surface area contributed by atoms with Gasteiger partial charge in [-0.1, -0.05) is 36.2 Å². The third-order valence-corrected chi connectivity index (χ3v) is 3.81. The number of hydrogen-bond acceptors (Lipinski definition) is 2. The molecule has 0 aliphatic heterocycles. The second-order valence-corrected chi connectivity index (χ2v) is 5.67. The Morgan fingerprint density at radius 1 is 1.10 bits per heavy atom. The van der Waals surface area contributed by atoms with E-state index in [0.29, 0.717) is 0 Å². The Bertz CT molecular complexity index is 776. The average molecular weight is 300 g/mol. The third kappa shape index (κ3) is 2.97. The molecule has 1 aromatic heterocycles. The smallest absolute Gasteiger partial charge is 0.135 e. The van der Waals surface area contributed by atoms with E-state index in [0.717, 1.165) is 40.4 Å². The first-order valence-electron chi connectivity index (χ1n) is 7.17. The Kier molecular flexibility index (Phi) is 4.00. The number of hydrogen-bond donors (Lipinski definition) is 1. The predicted molar refractivity (Wildman–Crippen MR) is 88.8 cm³/mol. The van der Waals surface area contributed by atoms with Crippen molar-refractivity contribution in [3.8, 4) is 11.3 Å². The van der Waals surface area contributed by atoms with Gasteiger partial charge >= 0.3 is 0 Å². The van der Waals surface area contributed by atoms with Crippen LogP contribution in [-0.2, 0) is 6.54 Å². The molecule has 0 unspecified atom stereocenters. The van der Waals surface area contributed by atoms with E-state index >= 15 is 0 Å². The van der Waals surface area contributed by atoms with Crippen molar-refractivity contribution in [1.82, 2.24) is 5.32 Å². The Hall–Kier alpha value is -1.77. The normalized spacial score (nSPS) is 11.2. The molecule has 0 bridgehead atoms. The summed E-state index contributed by atoms with van der Waals surface area (Å²) in [5, 5.41) is 5.20. The zero-order valence-corrected chi connectivity index (χ0v) is 13.0. The van der Waals surface area contributed by atoms with Crippen LogP contribution >= 0.6 is 11.6 Å². The van der Waals surface area contributed by atoms with Gasteiger partial charge in [-0.2, -0.15) is 0 Å². The van der Waals surface area contributed by atoms with Crippen molar-refractivity contribution in [3.63, 3.8) is 0 Å². The van der Waals surface area contributed by atoms with E-state index in [1.165, 1.54) is 11.1 Å². The number of furan rings is 1. The first-order valence-corrected chi connectivity index (χ1v) is 7.55. The molecule has 2 aromatic carbocycles. The van der Waals surface area contributed by atoms with Crippen LogP contribution in [-0.4, -0.2) is 6.54 Å². The summed E-state index contributed by atoms with van der Waals surface area (Å²) in [5.74, 6) is 0.867. The zero-order chi connectivity index (χ0) is 14.8. The summed E-state index contributed by atoms with van der Waals surface area (Å²) in [4.78, 5) is 0. The van der Waals surface area contributed by atoms with Gasteiger partial charge in [0.1, 0.15) is 11.3 Å². The summed E-state index contributed by atoms with van der Waals surface area (Å²) in [6.07, 6.45) is 0. The van der Waals surface area contributed by atoms with Crippen LogP contribution in [0.2, 0.25) is 5.02 Å². The van der Waals surface area contributed by atoms with Gasteiger partial charge in [-0.15, -0.1) is 0 Å². The fraction of sp³-hybridized carbons (Fsp3) is 0.222. The topological polar surface area (TPSA) is 25.2 Å². The molecule has 108 valence electrons.